The number of carboxylic acids is 2. The molecular formula is C11H12O4S. The van der Waals surface area contributed by atoms with E-state index in [0.717, 1.165) is 11.8 Å². The van der Waals surface area contributed by atoms with Crippen LogP contribution in [-0.2, 0) is 9.59 Å². The summed E-state index contributed by atoms with van der Waals surface area (Å²) in [7, 11) is 0. The van der Waals surface area contributed by atoms with E-state index in [0.29, 0.717) is 5.56 Å². The molecule has 0 radical (unpaired) electrons. The fraction of sp³-hybridized carbons (Fsp3) is 0.273. The van der Waals surface area contributed by atoms with Crippen molar-refractivity contribution in [2.45, 2.75) is 11.2 Å². The van der Waals surface area contributed by atoms with Crippen LogP contribution in [-0.4, -0.2) is 33.7 Å². The lowest BCUT2D eigenvalue weighted by Crippen LogP contribution is -2.30. The maximum Gasteiger partial charge on any atom is 0.317 e. The van der Waals surface area contributed by atoms with E-state index in [1.54, 1.807) is 36.6 Å². The van der Waals surface area contributed by atoms with E-state index in [9.17, 15) is 9.59 Å². The molecule has 2 atom stereocenters. The fourth-order valence-electron chi connectivity index (χ4n) is 1.49. The summed E-state index contributed by atoms with van der Waals surface area (Å²) in [4.78, 5) is 22.1. The highest BCUT2D eigenvalue weighted by Gasteiger charge is 2.34. The highest BCUT2D eigenvalue weighted by atomic mass is 32.2. The molecule has 0 aliphatic carbocycles. The molecule has 0 spiro atoms. The van der Waals surface area contributed by atoms with Gasteiger partial charge in [0.1, 0.15) is 11.2 Å². The van der Waals surface area contributed by atoms with Crippen molar-refractivity contribution in [3.63, 3.8) is 0 Å². The van der Waals surface area contributed by atoms with Gasteiger partial charge in [-0.25, -0.2) is 0 Å². The van der Waals surface area contributed by atoms with E-state index in [2.05, 4.69) is 0 Å². The summed E-state index contributed by atoms with van der Waals surface area (Å²) in [6.45, 7) is 0. The first-order valence-corrected chi connectivity index (χ1v) is 5.90. The highest BCUT2D eigenvalue weighted by molar-refractivity contribution is 8.00. The molecule has 0 aliphatic rings. The van der Waals surface area contributed by atoms with Crippen LogP contribution in [0.2, 0.25) is 0 Å². The standard InChI is InChI=1S/C11H12O4S/c1-16-9(11(14)15)8(10(12)13)7-5-3-2-4-6-7/h2-6,8-9H,1H3,(H,12,13)(H,14,15). The smallest absolute Gasteiger partial charge is 0.317 e. The molecule has 0 aliphatic heterocycles. The minimum atomic E-state index is -1.12. The Morgan fingerprint density at radius 3 is 2.06 bits per heavy atom. The molecule has 0 amide bonds. The maximum atomic E-state index is 11.1. The SMILES string of the molecule is CSC(C(=O)O)C(C(=O)O)c1ccccc1. The van der Waals surface area contributed by atoms with E-state index in [1.165, 1.54) is 0 Å². The Hall–Kier alpha value is -1.49. The molecule has 1 aromatic rings. The van der Waals surface area contributed by atoms with Crippen molar-refractivity contribution in [2.75, 3.05) is 6.26 Å². The molecule has 86 valence electrons. The third-order valence-corrected chi connectivity index (χ3v) is 3.21. The van der Waals surface area contributed by atoms with Gasteiger partial charge >= 0.3 is 11.9 Å². The summed E-state index contributed by atoms with van der Waals surface area (Å²) in [6.07, 6.45) is 1.59. The maximum absolute atomic E-state index is 11.1. The van der Waals surface area contributed by atoms with Gasteiger partial charge in [-0.3, -0.25) is 9.59 Å². The molecule has 0 heterocycles. The zero-order chi connectivity index (χ0) is 12.1. The topological polar surface area (TPSA) is 74.6 Å². The average Bonchev–Trinajstić information content (AvgIpc) is 2.25. The zero-order valence-electron chi connectivity index (χ0n) is 8.66. The number of thioether (sulfide) groups is 1. The van der Waals surface area contributed by atoms with E-state index in [4.69, 9.17) is 10.2 Å². The van der Waals surface area contributed by atoms with Gasteiger partial charge in [0.05, 0.1) is 0 Å². The molecule has 5 heteroatoms. The van der Waals surface area contributed by atoms with Crippen molar-refractivity contribution >= 4 is 23.7 Å². The summed E-state index contributed by atoms with van der Waals surface area (Å²) >= 11 is 1.03. The van der Waals surface area contributed by atoms with Crippen molar-refractivity contribution in [1.82, 2.24) is 0 Å². The number of carboxylic acid groups (broad SMARTS) is 2. The monoisotopic (exact) mass is 240 g/mol. The van der Waals surface area contributed by atoms with Crippen LogP contribution in [0.25, 0.3) is 0 Å². The number of aliphatic carboxylic acids is 2. The minimum Gasteiger partial charge on any atom is -0.481 e. The van der Waals surface area contributed by atoms with Gasteiger partial charge in [0, 0.05) is 0 Å². The predicted molar refractivity (Wildman–Crippen MR) is 61.8 cm³/mol. The lowest BCUT2D eigenvalue weighted by atomic mass is 9.95. The van der Waals surface area contributed by atoms with Gasteiger partial charge in [-0.15, -0.1) is 11.8 Å². The molecule has 0 saturated heterocycles. The van der Waals surface area contributed by atoms with E-state index < -0.39 is 23.1 Å². The summed E-state index contributed by atoms with van der Waals surface area (Å²) < 4.78 is 0. The third-order valence-electron chi connectivity index (χ3n) is 2.22. The van der Waals surface area contributed by atoms with Crippen molar-refractivity contribution in [2.24, 2.45) is 0 Å². The minimum absolute atomic E-state index is 0.511. The molecule has 0 aromatic heterocycles. The van der Waals surface area contributed by atoms with E-state index >= 15 is 0 Å². The summed E-state index contributed by atoms with van der Waals surface area (Å²) in [5, 5.41) is 17.1. The Balaban J connectivity index is 3.09. The van der Waals surface area contributed by atoms with Gasteiger partial charge in [-0.2, -0.15) is 0 Å². The summed E-state index contributed by atoms with van der Waals surface area (Å²) in [6, 6.07) is 8.42. The molecule has 4 nitrogen and oxygen atoms in total. The van der Waals surface area contributed by atoms with Crippen LogP contribution >= 0.6 is 11.8 Å². The Morgan fingerprint density at radius 2 is 1.69 bits per heavy atom. The van der Waals surface area contributed by atoms with Gasteiger partial charge in [-0.05, 0) is 11.8 Å². The van der Waals surface area contributed by atoms with Gasteiger partial charge in [-0.1, -0.05) is 30.3 Å². The Bertz CT molecular complexity index is 377. The van der Waals surface area contributed by atoms with Crippen molar-refractivity contribution < 1.29 is 19.8 Å². The van der Waals surface area contributed by atoms with Crippen LogP contribution in [0.1, 0.15) is 11.5 Å². The quantitative estimate of drug-likeness (QED) is 0.818. The largest absolute Gasteiger partial charge is 0.481 e. The predicted octanol–water partition coefficient (Wildman–Crippen LogP) is 1.67. The Kier molecular flexibility index (Phi) is 4.37. The zero-order valence-corrected chi connectivity index (χ0v) is 9.48. The molecule has 0 fully saturated rings. The van der Waals surface area contributed by atoms with E-state index in [1.807, 2.05) is 0 Å². The molecule has 2 N–H and O–H groups in total. The normalized spacial score (nSPS) is 14.1. The van der Waals surface area contributed by atoms with Gasteiger partial charge in [0.15, 0.2) is 0 Å². The molecule has 0 bridgehead atoms. The third kappa shape index (κ3) is 2.76. The molecule has 2 unspecified atom stereocenters. The van der Waals surface area contributed by atoms with Crippen molar-refractivity contribution in [1.29, 1.82) is 0 Å². The molecular weight excluding hydrogens is 228 g/mol. The number of hydrogen-bond donors (Lipinski definition) is 2. The fourth-order valence-corrected chi connectivity index (χ4v) is 2.23. The lowest BCUT2D eigenvalue weighted by molar-refractivity contribution is -0.144. The second-order valence-electron chi connectivity index (χ2n) is 3.22. The highest BCUT2D eigenvalue weighted by Crippen LogP contribution is 2.28. The first-order chi connectivity index (χ1) is 7.57. The summed E-state index contributed by atoms with van der Waals surface area (Å²) in [5.74, 6) is -3.24. The Morgan fingerprint density at radius 1 is 1.12 bits per heavy atom. The molecule has 1 rings (SSSR count). The first kappa shape index (κ1) is 12.6. The van der Waals surface area contributed by atoms with Crippen LogP contribution in [0.15, 0.2) is 30.3 Å². The Labute approximate surface area is 97.3 Å². The first-order valence-electron chi connectivity index (χ1n) is 4.61. The average molecular weight is 240 g/mol. The van der Waals surface area contributed by atoms with Crippen LogP contribution in [0.4, 0.5) is 0 Å². The van der Waals surface area contributed by atoms with Gasteiger partial charge in [0.25, 0.3) is 0 Å². The lowest BCUT2D eigenvalue weighted by Gasteiger charge is -2.18. The van der Waals surface area contributed by atoms with Crippen LogP contribution in [0.3, 0.4) is 0 Å². The van der Waals surface area contributed by atoms with Crippen LogP contribution in [0, 0.1) is 0 Å². The van der Waals surface area contributed by atoms with Gasteiger partial charge in [0.2, 0.25) is 0 Å². The molecule has 16 heavy (non-hydrogen) atoms. The second kappa shape index (κ2) is 5.55. The summed E-state index contributed by atoms with van der Waals surface area (Å²) in [5.41, 5.74) is 0.511. The second-order valence-corrected chi connectivity index (χ2v) is 4.20. The van der Waals surface area contributed by atoms with Crippen molar-refractivity contribution in [3.8, 4) is 0 Å². The van der Waals surface area contributed by atoms with Gasteiger partial charge < -0.3 is 10.2 Å². The molecule has 1 aromatic carbocycles. The number of carbonyl (C=O) groups is 2. The number of rotatable bonds is 5. The van der Waals surface area contributed by atoms with Crippen molar-refractivity contribution in [3.05, 3.63) is 35.9 Å². The molecule has 0 saturated carbocycles. The van der Waals surface area contributed by atoms with E-state index in [-0.39, 0.29) is 0 Å². The number of benzene rings is 1. The van der Waals surface area contributed by atoms with Crippen LogP contribution in [0.5, 0.6) is 0 Å². The van der Waals surface area contributed by atoms with Crippen LogP contribution < -0.4 is 0 Å². The number of hydrogen-bond acceptors (Lipinski definition) is 3.